The van der Waals surface area contributed by atoms with E-state index in [1.807, 2.05) is 0 Å². The zero-order valence-corrected chi connectivity index (χ0v) is 11.5. The highest BCUT2D eigenvalue weighted by atomic mass is 16.4. The smallest absolute Gasteiger partial charge is 0.305 e. The second kappa shape index (κ2) is 10.3. The summed E-state index contributed by atoms with van der Waals surface area (Å²) in [7, 11) is 1.69. The zero-order valence-electron chi connectivity index (χ0n) is 11.5. The lowest BCUT2D eigenvalue weighted by atomic mass is 10.1. The van der Waals surface area contributed by atoms with Crippen LogP contribution in [0.2, 0.25) is 0 Å². The summed E-state index contributed by atoms with van der Waals surface area (Å²) >= 11 is 0. The number of carboxylic acids is 1. The number of hydrogen-bond donors (Lipinski definition) is 4. The zero-order chi connectivity index (χ0) is 14.7. The largest absolute Gasteiger partial charge is 0.481 e. The first-order valence-corrected chi connectivity index (χ1v) is 6.38. The molecule has 0 aliphatic rings. The third kappa shape index (κ3) is 10.0. The second-order valence-corrected chi connectivity index (χ2v) is 4.25. The molecule has 0 rings (SSSR count). The van der Waals surface area contributed by atoms with E-state index in [-0.39, 0.29) is 30.8 Å². The summed E-state index contributed by atoms with van der Waals surface area (Å²) in [6.45, 7) is 2.21. The van der Waals surface area contributed by atoms with E-state index in [9.17, 15) is 14.4 Å². The predicted molar refractivity (Wildman–Crippen MR) is 70.6 cm³/mol. The van der Waals surface area contributed by atoms with Crippen LogP contribution >= 0.6 is 0 Å². The van der Waals surface area contributed by atoms with E-state index in [2.05, 4.69) is 16.0 Å². The highest BCUT2D eigenvalue weighted by Gasteiger charge is 2.15. The standard InChI is InChI=1S/C12H23N3O4/c1-9(16)14-7-4-3-5-10(13-2)12(19)15-8-6-11(17)18/h10,13H,3-8H2,1-2H3,(H,14,16)(H,15,19)(H,17,18)/i1+1,2+1,15+1. The van der Waals surface area contributed by atoms with Gasteiger partial charge in [0.15, 0.2) is 0 Å². The number of aliphatic carboxylic acids is 1. The predicted octanol–water partition coefficient (Wildman–Crippen LogP) is -0.528. The topological polar surface area (TPSA) is 108 Å². The van der Waals surface area contributed by atoms with E-state index in [1.165, 1.54) is 6.92 Å². The van der Waals surface area contributed by atoms with Crippen LogP contribution in [0.4, 0.5) is 0 Å². The van der Waals surface area contributed by atoms with Gasteiger partial charge in [-0.1, -0.05) is 0 Å². The SMILES string of the molecule is [13CH3]NC(CCCCNC([13CH3])=O)C(=O)[15NH]CCC(=O)O. The van der Waals surface area contributed by atoms with Crippen LogP contribution in [-0.4, -0.2) is 49.1 Å². The average molecular weight is 276 g/mol. The molecule has 4 N–H and O–H groups in total. The molecule has 110 valence electrons. The summed E-state index contributed by atoms with van der Waals surface area (Å²) in [5.41, 5.74) is 0. The first kappa shape index (κ1) is 17.4. The molecule has 7 heteroatoms. The Bertz CT molecular complexity index is 307. The van der Waals surface area contributed by atoms with Crippen molar-refractivity contribution in [2.45, 2.75) is 38.6 Å². The van der Waals surface area contributed by atoms with Crippen molar-refractivity contribution in [2.75, 3.05) is 20.1 Å². The quantitative estimate of drug-likeness (QED) is 0.244. The lowest BCUT2D eigenvalue weighted by Crippen LogP contribution is -2.43. The van der Waals surface area contributed by atoms with E-state index in [1.54, 1.807) is 7.05 Å². The second-order valence-electron chi connectivity index (χ2n) is 4.25. The van der Waals surface area contributed by atoms with E-state index >= 15 is 0 Å². The summed E-state index contributed by atoms with van der Waals surface area (Å²) in [4.78, 5) is 32.7. The molecule has 0 aromatic rings. The number of carbonyl (C=O) groups is 3. The van der Waals surface area contributed by atoms with Crippen LogP contribution in [0.1, 0.15) is 32.6 Å². The fourth-order valence-electron chi connectivity index (χ4n) is 1.56. The van der Waals surface area contributed by atoms with Gasteiger partial charge in [-0.05, 0) is 26.3 Å². The van der Waals surface area contributed by atoms with Crippen molar-refractivity contribution < 1.29 is 19.5 Å². The Labute approximate surface area is 113 Å². The van der Waals surface area contributed by atoms with Crippen LogP contribution in [0.15, 0.2) is 0 Å². The molecule has 7 nitrogen and oxygen atoms in total. The van der Waals surface area contributed by atoms with Gasteiger partial charge >= 0.3 is 5.97 Å². The van der Waals surface area contributed by atoms with Crippen LogP contribution in [0.5, 0.6) is 0 Å². The maximum atomic E-state index is 11.7. The van der Waals surface area contributed by atoms with E-state index in [4.69, 9.17) is 5.11 Å². The molecular formula is C12H23N3O4. The molecule has 1 atom stereocenters. The lowest BCUT2D eigenvalue weighted by molar-refractivity contribution is -0.137. The first-order valence-electron chi connectivity index (χ1n) is 6.38. The maximum Gasteiger partial charge on any atom is 0.305 e. The monoisotopic (exact) mass is 276 g/mol. The Morgan fingerprint density at radius 1 is 1.11 bits per heavy atom. The Kier molecular flexibility index (Phi) is 9.42. The highest BCUT2D eigenvalue weighted by Crippen LogP contribution is 2.00. The van der Waals surface area contributed by atoms with Gasteiger partial charge in [0.25, 0.3) is 0 Å². The normalized spacial score (nSPS) is 11.7. The van der Waals surface area contributed by atoms with Crippen LogP contribution in [0.25, 0.3) is 0 Å². The Morgan fingerprint density at radius 2 is 1.79 bits per heavy atom. The van der Waals surface area contributed by atoms with Gasteiger partial charge in [-0.2, -0.15) is 0 Å². The third-order valence-corrected chi connectivity index (χ3v) is 2.60. The van der Waals surface area contributed by atoms with E-state index in [0.717, 1.165) is 12.8 Å². The van der Waals surface area contributed by atoms with Crippen LogP contribution in [0, 0.1) is 0 Å². The van der Waals surface area contributed by atoms with Crippen LogP contribution in [0.3, 0.4) is 0 Å². The molecule has 0 aliphatic carbocycles. The Balaban J connectivity index is 3.76. The molecule has 0 saturated carbocycles. The molecule has 2 amide bonds. The minimum absolute atomic E-state index is 0.0587. The molecule has 0 heterocycles. The molecule has 0 fully saturated rings. The van der Waals surface area contributed by atoms with Gasteiger partial charge in [0.1, 0.15) is 0 Å². The minimum atomic E-state index is -0.934. The number of carbonyl (C=O) groups excluding carboxylic acids is 2. The number of nitrogens with one attached hydrogen (secondary N) is 3. The molecule has 0 radical (unpaired) electrons. The number of amides is 2. The molecule has 19 heavy (non-hydrogen) atoms. The Hall–Kier alpha value is -1.63. The third-order valence-electron chi connectivity index (χ3n) is 2.60. The summed E-state index contributed by atoms with van der Waals surface area (Å²) in [5, 5.41) is 16.6. The molecular weight excluding hydrogens is 253 g/mol. The molecule has 1 unspecified atom stereocenters. The van der Waals surface area contributed by atoms with Gasteiger partial charge in [-0.25, -0.2) is 0 Å². The number of hydrogen-bond acceptors (Lipinski definition) is 4. The Morgan fingerprint density at radius 3 is 2.32 bits per heavy atom. The highest BCUT2D eigenvalue weighted by molar-refractivity contribution is 5.82. The van der Waals surface area contributed by atoms with Crippen molar-refractivity contribution in [3.63, 3.8) is 0 Å². The van der Waals surface area contributed by atoms with Crippen molar-refractivity contribution in [3.8, 4) is 0 Å². The molecule has 0 saturated heterocycles. The van der Waals surface area contributed by atoms with Crippen LogP contribution in [-0.2, 0) is 14.4 Å². The van der Waals surface area contributed by atoms with Crippen molar-refractivity contribution in [2.24, 2.45) is 0 Å². The van der Waals surface area contributed by atoms with Gasteiger partial charge < -0.3 is 21.1 Å². The molecule has 0 aromatic carbocycles. The van der Waals surface area contributed by atoms with E-state index < -0.39 is 5.97 Å². The minimum Gasteiger partial charge on any atom is -0.481 e. The fourth-order valence-corrected chi connectivity index (χ4v) is 1.56. The van der Waals surface area contributed by atoms with Crippen molar-refractivity contribution >= 4 is 17.8 Å². The fraction of sp³-hybridized carbons (Fsp3) is 0.750. The summed E-state index contributed by atoms with van der Waals surface area (Å²) in [5.74, 6) is -1.18. The molecule has 0 aromatic heterocycles. The maximum absolute atomic E-state index is 11.7. The first-order chi connectivity index (χ1) is 8.97. The summed E-state index contributed by atoms with van der Waals surface area (Å²) in [6.07, 6.45) is 2.18. The van der Waals surface area contributed by atoms with Gasteiger partial charge in [0.2, 0.25) is 11.8 Å². The number of rotatable bonds is 10. The van der Waals surface area contributed by atoms with Crippen molar-refractivity contribution in [1.29, 1.82) is 0 Å². The molecule has 0 bridgehead atoms. The average Bonchev–Trinajstić information content (AvgIpc) is 2.32. The van der Waals surface area contributed by atoms with Gasteiger partial charge in [0, 0.05) is 20.0 Å². The summed E-state index contributed by atoms with van der Waals surface area (Å²) in [6, 6.07) is -0.328. The number of unbranched alkanes of at least 4 members (excludes halogenated alkanes) is 1. The van der Waals surface area contributed by atoms with Gasteiger partial charge in [0.05, 0.1) is 12.5 Å². The van der Waals surface area contributed by atoms with Gasteiger partial charge in [-0.15, -0.1) is 0 Å². The van der Waals surface area contributed by atoms with E-state index in [0.29, 0.717) is 13.0 Å². The molecule has 0 spiro atoms. The van der Waals surface area contributed by atoms with Crippen molar-refractivity contribution in [3.05, 3.63) is 0 Å². The lowest BCUT2D eigenvalue weighted by Gasteiger charge is -2.15. The molecule has 0 aliphatic heterocycles. The van der Waals surface area contributed by atoms with Crippen LogP contribution < -0.4 is 16.0 Å². The van der Waals surface area contributed by atoms with Gasteiger partial charge in [-0.3, -0.25) is 14.4 Å². The summed E-state index contributed by atoms with van der Waals surface area (Å²) < 4.78 is 0. The number of carboxylic acid groups (broad SMARTS) is 1. The number of likely N-dealkylation sites (N-methyl/N-ethyl adjacent to an activating group) is 1. The van der Waals surface area contributed by atoms with Crippen molar-refractivity contribution in [1.82, 2.24) is 16.0 Å².